The molecule has 0 saturated carbocycles. The Balaban J connectivity index is 1.46. The molecule has 0 aliphatic carbocycles. The summed E-state index contributed by atoms with van der Waals surface area (Å²) in [6.45, 7) is 0.312. The highest BCUT2D eigenvalue weighted by Gasteiger charge is 2.15. The van der Waals surface area contributed by atoms with Crippen LogP contribution in [0.15, 0.2) is 48.8 Å². The van der Waals surface area contributed by atoms with Crippen LogP contribution in [0.25, 0.3) is 11.3 Å². The van der Waals surface area contributed by atoms with Crippen LogP contribution < -0.4 is 5.32 Å². The van der Waals surface area contributed by atoms with E-state index in [0.717, 1.165) is 5.56 Å². The van der Waals surface area contributed by atoms with E-state index in [0.29, 0.717) is 37.9 Å². The van der Waals surface area contributed by atoms with Crippen molar-refractivity contribution in [2.24, 2.45) is 0 Å². The summed E-state index contributed by atoms with van der Waals surface area (Å²) in [7, 11) is 0. The summed E-state index contributed by atoms with van der Waals surface area (Å²) in [5.41, 5.74) is 2.22. The molecule has 4 rings (SSSR count). The molecule has 0 saturated heterocycles. The molecule has 30 heavy (non-hydrogen) atoms. The molecule has 7 nitrogen and oxygen atoms in total. The maximum absolute atomic E-state index is 12.5. The largest absolute Gasteiger partial charge is 0.288 e. The molecule has 11 heteroatoms. The van der Waals surface area contributed by atoms with E-state index in [1.165, 1.54) is 11.0 Å². The van der Waals surface area contributed by atoms with Crippen LogP contribution in [0.4, 0.5) is 5.95 Å². The van der Waals surface area contributed by atoms with Gasteiger partial charge in [-0.05, 0) is 30.3 Å². The van der Waals surface area contributed by atoms with Gasteiger partial charge in [0.2, 0.25) is 5.95 Å². The quantitative estimate of drug-likeness (QED) is 0.389. The Morgan fingerprint density at radius 1 is 1.00 bits per heavy atom. The van der Waals surface area contributed by atoms with Crippen LogP contribution in [0.5, 0.6) is 0 Å². The number of aromatic nitrogens is 5. The molecular weight excluding hydrogens is 470 g/mol. The molecule has 0 aliphatic heterocycles. The molecule has 2 heterocycles. The van der Waals surface area contributed by atoms with Crippen LogP contribution in [0, 0.1) is 0 Å². The number of carbonyl (C=O) groups excluding carboxylic acids is 1. The number of carbonyl (C=O) groups is 1. The molecule has 1 amide bonds. The van der Waals surface area contributed by atoms with E-state index in [1.807, 2.05) is 0 Å². The molecule has 2 N–H and O–H groups in total. The highest BCUT2D eigenvalue weighted by atomic mass is 35.5. The van der Waals surface area contributed by atoms with Crippen molar-refractivity contribution in [3.05, 3.63) is 80.1 Å². The average molecular weight is 482 g/mol. The first-order valence-electron chi connectivity index (χ1n) is 8.55. The van der Waals surface area contributed by atoms with Crippen LogP contribution in [-0.4, -0.2) is 30.9 Å². The number of H-pyrrole nitrogens is 1. The van der Waals surface area contributed by atoms with Crippen molar-refractivity contribution in [1.82, 2.24) is 25.0 Å². The van der Waals surface area contributed by atoms with Crippen LogP contribution in [0.3, 0.4) is 0 Å². The van der Waals surface area contributed by atoms with Gasteiger partial charge in [0.05, 0.1) is 22.3 Å². The first kappa shape index (κ1) is 20.7. The van der Waals surface area contributed by atoms with Gasteiger partial charge in [0.15, 0.2) is 0 Å². The molecule has 0 aliphatic rings. The number of nitrogens with one attached hydrogen (secondary N) is 2. The third-order valence-electron chi connectivity index (χ3n) is 4.18. The second kappa shape index (κ2) is 8.65. The van der Waals surface area contributed by atoms with Gasteiger partial charge in [-0.25, -0.2) is 9.67 Å². The molecule has 0 bridgehead atoms. The predicted molar refractivity (Wildman–Crippen MR) is 118 cm³/mol. The van der Waals surface area contributed by atoms with Crippen molar-refractivity contribution < 1.29 is 4.79 Å². The topological polar surface area (TPSA) is 88.5 Å². The molecule has 0 fully saturated rings. The van der Waals surface area contributed by atoms with Gasteiger partial charge in [-0.1, -0.05) is 58.5 Å². The van der Waals surface area contributed by atoms with E-state index < -0.39 is 5.91 Å². The predicted octanol–water partition coefficient (Wildman–Crippen LogP) is 5.58. The van der Waals surface area contributed by atoms with E-state index >= 15 is 0 Å². The molecule has 152 valence electrons. The molecule has 2 aromatic carbocycles. The smallest absolute Gasteiger partial charge is 0.276 e. The Labute approximate surface area is 190 Å². The number of hydrogen-bond acceptors (Lipinski definition) is 4. The number of benzene rings is 2. The Hall–Kier alpha value is -2.58. The number of rotatable bonds is 5. The Morgan fingerprint density at radius 2 is 1.77 bits per heavy atom. The summed E-state index contributed by atoms with van der Waals surface area (Å²) in [6.07, 6.45) is 1.48. The zero-order chi connectivity index (χ0) is 21.3. The van der Waals surface area contributed by atoms with Gasteiger partial charge in [0, 0.05) is 21.2 Å². The van der Waals surface area contributed by atoms with Gasteiger partial charge in [0.25, 0.3) is 5.91 Å². The third-order valence-corrected chi connectivity index (χ3v) is 5.63. The first-order valence-corrected chi connectivity index (χ1v) is 10.1. The molecule has 0 unspecified atom stereocenters. The third kappa shape index (κ3) is 4.44. The molecular formula is C19H12Cl4N6O. The van der Waals surface area contributed by atoms with Crippen molar-refractivity contribution in [3.8, 4) is 11.3 Å². The normalized spacial score (nSPS) is 10.9. The van der Waals surface area contributed by atoms with Crippen molar-refractivity contribution in [2.75, 3.05) is 5.32 Å². The van der Waals surface area contributed by atoms with Crippen LogP contribution in [-0.2, 0) is 6.54 Å². The summed E-state index contributed by atoms with van der Waals surface area (Å²) in [4.78, 5) is 16.6. The fourth-order valence-electron chi connectivity index (χ4n) is 2.68. The highest BCUT2D eigenvalue weighted by molar-refractivity contribution is 6.42. The lowest BCUT2D eigenvalue weighted by Crippen LogP contribution is -2.14. The van der Waals surface area contributed by atoms with Crippen LogP contribution >= 0.6 is 46.4 Å². The van der Waals surface area contributed by atoms with Crippen molar-refractivity contribution in [2.45, 2.75) is 6.54 Å². The Bertz CT molecular complexity index is 1220. The van der Waals surface area contributed by atoms with E-state index in [1.54, 1.807) is 42.5 Å². The Kier molecular flexibility index (Phi) is 5.97. The lowest BCUT2D eigenvalue weighted by Gasteiger charge is -2.06. The summed E-state index contributed by atoms with van der Waals surface area (Å²) in [6, 6.07) is 11.9. The molecule has 4 aromatic rings. The number of anilines is 1. The number of aromatic amines is 1. The Morgan fingerprint density at radius 3 is 2.50 bits per heavy atom. The highest BCUT2D eigenvalue weighted by Crippen LogP contribution is 2.28. The fraction of sp³-hybridized carbons (Fsp3) is 0.0526. The minimum Gasteiger partial charge on any atom is -0.288 e. The van der Waals surface area contributed by atoms with Gasteiger partial charge < -0.3 is 0 Å². The van der Waals surface area contributed by atoms with Crippen LogP contribution in [0.2, 0.25) is 20.1 Å². The van der Waals surface area contributed by atoms with Gasteiger partial charge in [-0.3, -0.25) is 15.2 Å². The maximum atomic E-state index is 12.5. The number of nitrogens with zero attached hydrogens (tertiary/aromatic N) is 4. The molecule has 2 aromatic heterocycles. The number of halogens is 4. The fourth-order valence-corrected chi connectivity index (χ4v) is 3.50. The second-order valence-corrected chi connectivity index (χ2v) is 7.84. The zero-order valence-corrected chi connectivity index (χ0v) is 18.1. The van der Waals surface area contributed by atoms with Crippen molar-refractivity contribution >= 4 is 58.3 Å². The first-order chi connectivity index (χ1) is 14.4. The van der Waals surface area contributed by atoms with E-state index in [2.05, 4.69) is 25.6 Å². The average Bonchev–Trinajstić information content (AvgIpc) is 3.37. The van der Waals surface area contributed by atoms with Gasteiger partial charge in [0.1, 0.15) is 12.0 Å². The lowest BCUT2D eigenvalue weighted by atomic mass is 10.1. The monoisotopic (exact) mass is 480 g/mol. The van der Waals surface area contributed by atoms with Crippen molar-refractivity contribution in [3.63, 3.8) is 0 Å². The molecule has 0 radical (unpaired) electrons. The van der Waals surface area contributed by atoms with Gasteiger partial charge >= 0.3 is 0 Å². The van der Waals surface area contributed by atoms with Gasteiger partial charge in [-0.2, -0.15) is 5.10 Å². The number of hydrogen-bond donors (Lipinski definition) is 2. The van der Waals surface area contributed by atoms with E-state index in [-0.39, 0.29) is 11.6 Å². The molecule has 0 spiro atoms. The van der Waals surface area contributed by atoms with Crippen LogP contribution in [0.1, 0.15) is 16.1 Å². The lowest BCUT2D eigenvalue weighted by molar-refractivity contribution is 0.102. The van der Waals surface area contributed by atoms with Crippen molar-refractivity contribution in [1.29, 1.82) is 0 Å². The second-order valence-electron chi connectivity index (χ2n) is 6.22. The van der Waals surface area contributed by atoms with Gasteiger partial charge in [-0.15, -0.1) is 5.10 Å². The maximum Gasteiger partial charge on any atom is 0.276 e. The minimum absolute atomic E-state index is 0.133. The zero-order valence-electron chi connectivity index (χ0n) is 15.0. The van der Waals surface area contributed by atoms with E-state index in [4.69, 9.17) is 46.4 Å². The number of amides is 1. The SMILES string of the molecule is O=C(Nc1ncn(Cc2c(Cl)cccc2Cl)n1)c1cc(-c2ccc(Cl)c(Cl)c2)n[nH]1. The summed E-state index contributed by atoms with van der Waals surface area (Å²) in [5.74, 6) is -0.309. The summed E-state index contributed by atoms with van der Waals surface area (Å²) < 4.78 is 1.52. The summed E-state index contributed by atoms with van der Waals surface area (Å²) >= 11 is 24.3. The standard InChI is InChI=1S/C19H12Cl4N6O/c20-12-2-1-3-13(21)11(12)8-29-9-24-19(28-29)25-18(30)17-7-16(26-27-17)10-4-5-14(22)15(23)6-10/h1-7,9H,8H2,(H,26,27)(H,25,28,30). The summed E-state index contributed by atoms with van der Waals surface area (Å²) in [5, 5.41) is 15.6. The van der Waals surface area contributed by atoms with E-state index in [9.17, 15) is 4.79 Å². The minimum atomic E-state index is -0.442. The molecule has 0 atom stereocenters.